The Morgan fingerprint density at radius 3 is 1.86 bits per heavy atom. The lowest BCUT2D eigenvalue weighted by Gasteiger charge is -2.17. The van der Waals surface area contributed by atoms with E-state index in [0.717, 1.165) is 40.0 Å². The van der Waals surface area contributed by atoms with E-state index in [9.17, 15) is 0 Å². The second kappa shape index (κ2) is 13.2. The summed E-state index contributed by atoms with van der Waals surface area (Å²) >= 11 is 12.4. The Morgan fingerprint density at radius 2 is 1.23 bits per heavy atom. The molecule has 0 N–H and O–H groups in total. The zero-order chi connectivity index (χ0) is 24.3. The summed E-state index contributed by atoms with van der Waals surface area (Å²) in [6, 6.07) is 36.7. The summed E-state index contributed by atoms with van der Waals surface area (Å²) in [6.07, 6.45) is 0.751. The second-order valence-corrected chi connectivity index (χ2v) is 8.89. The van der Waals surface area contributed by atoms with Gasteiger partial charge < -0.3 is 9.47 Å². The lowest BCUT2D eigenvalue weighted by Crippen LogP contribution is -2.06. The predicted octanol–water partition coefficient (Wildman–Crippen LogP) is 8.52. The minimum absolute atomic E-state index is 0.494. The van der Waals surface area contributed by atoms with Gasteiger partial charge in [0.05, 0.1) is 13.2 Å². The summed E-state index contributed by atoms with van der Waals surface area (Å²) in [6.45, 7) is 1.61. The number of alkyl halides is 1. The molecule has 2 nitrogen and oxygen atoms in total. The number of ether oxygens (including phenoxy) is 2. The first-order chi connectivity index (χ1) is 17.2. The molecule has 0 aliphatic rings. The molecule has 178 valence electrons. The highest BCUT2D eigenvalue weighted by Gasteiger charge is 2.14. The maximum atomic E-state index is 6.25. The van der Waals surface area contributed by atoms with Gasteiger partial charge in [-0.05, 0) is 64.1 Å². The Labute approximate surface area is 217 Å². The van der Waals surface area contributed by atoms with Crippen LogP contribution in [0.4, 0.5) is 0 Å². The zero-order valence-corrected chi connectivity index (χ0v) is 21.0. The summed E-state index contributed by atoms with van der Waals surface area (Å²) in [5.74, 6) is 1.34. The van der Waals surface area contributed by atoms with Crippen LogP contribution in [-0.4, -0.2) is 19.1 Å². The normalized spacial score (nSPS) is 11.7. The third-order valence-electron chi connectivity index (χ3n) is 5.65. The average molecular weight is 503 g/mol. The molecule has 4 rings (SSSR count). The Morgan fingerprint density at radius 1 is 0.629 bits per heavy atom. The zero-order valence-electron chi connectivity index (χ0n) is 19.5. The van der Waals surface area contributed by atoms with E-state index in [0.29, 0.717) is 30.7 Å². The summed E-state index contributed by atoms with van der Waals surface area (Å²) < 4.78 is 11.6. The van der Waals surface area contributed by atoms with Crippen molar-refractivity contribution in [2.75, 3.05) is 19.1 Å². The van der Waals surface area contributed by atoms with Crippen molar-refractivity contribution in [3.8, 4) is 5.75 Å². The lowest BCUT2D eigenvalue weighted by atomic mass is 9.88. The van der Waals surface area contributed by atoms with Crippen LogP contribution in [0.2, 0.25) is 5.02 Å². The number of halogens is 2. The molecule has 0 atom stereocenters. The molecular formula is C31H28Cl2O2. The minimum Gasteiger partial charge on any atom is -0.491 e. The first kappa shape index (κ1) is 25.1. The van der Waals surface area contributed by atoms with Gasteiger partial charge in [-0.2, -0.15) is 0 Å². The fourth-order valence-corrected chi connectivity index (χ4v) is 4.29. The number of allylic oxidation sites excluding steroid dienone is 1. The van der Waals surface area contributed by atoms with Gasteiger partial charge >= 0.3 is 0 Å². The predicted molar refractivity (Wildman–Crippen MR) is 147 cm³/mol. The van der Waals surface area contributed by atoms with Gasteiger partial charge in [0.15, 0.2) is 0 Å². The van der Waals surface area contributed by atoms with Crippen molar-refractivity contribution in [3.63, 3.8) is 0 Å². The van der Waals surface area contributed by atoms with E-state index in [2.05, 4.69) is 60.7 Å². The third-order valence-corrected chi connectivity index (χ3v) is 6.09. The van der Waals surface area contributed by atoms with E-state index < -0.39 is 0 Å². The van der Waals surface area contributed by atoms with E-state index in [4.69, 9.17) is 32.7 Å². The van der Waals surface area contributed by atoms with Crippen LogP contribution >= 0.6 is 23.2 Å². The van der Waals surface area contributed by atoms with Crippen LogP contribution in [0.1, 0.15) is 28.7 Å². The quantitative estimate of drug-likeness (QED) is 0.116. The minimum atomic E-state index is 0.494. The van der Waals surface area contributed by atoms with Crippen molar-refractivity contribution >= 4 is 34.3 Å². The fraction of sp³-hybridized carbons (Fsp3) is 0.161. The van der Waals surface area contributed by atoms with E-state index in [1.165, 1.54) is 5.57 Å². The molecule has 0 saturated carbocycles. The summed E-state index contributed by atoms with van der Waals surface area (Å²) in [7, 11) is 0. The largest absolute Gasteiger partial charge is 0.491 e. The van der Waals surface area contributed by atoms with Crippen LogP contribution in [0, 0.1) is 0 Å². The monoisotopic (exact) mass is 502 g/mol. The van der Waals surface area contributed by atoms with Crippen molar-refractivity contribution in [1.82, 2.24) is 0 Å². The highest BCUT2D eigenvalue weighted by Crippen LogP contribution is 2.35. The molecule has 0 amide bonds. The molecule has 4 aromatic rings. The van der Waals surface area contributed by atoms with Gasteiger partial charge in [-0.3, -0.25) is 0 Å². The van der Waals surface area contributed by atoms with Crippen molar-refractivity contribution in [2.24, 2.45) is 0 Å². The molecule has 0 saturated heterocycles. The van der Waals surface area contributed by atoms with E-state index in [1.807, 2.05) is 48.5 Å². The number of hydrogen-bond acceptors (Lipinski definition) is 2. The first-order valence-corrected chi connectivity index (χ1v) is 12.6. The van der Waals surface area contributed by atoms with E-state index in [1.54, 1.807) is 0 Å². The van der Waals surface area contributed by atoms with Gasteiger partial charge in [-0.15, -0.1) is 11.6 Å². The van der Waals surface area contributed by atoms with Crippen LogP contribution in [0.5, 0.6) is 5.75 Å². The van der Waals surface area contributed by atoms with Gasteiger partial charge in [0.25, 0.3) is 0 Å². The molecule has 0 aromatic heterocycles. The summed E-state index contributed by atoms with van der Waals surface area (Å²) in [5.41, 5.74) is 6.86. The Kier molecular flexibility index (Phi) is 9.42. The maximum Gasteiger partial charge on any atom is 0.119 e. The topological polar surface area (TPSA) is 18.5 Å². The van der Waals surface area contributed by atoms with Crippen LogP contribution in [-0.2, 0) is 11.3 Å². The first-order valence-electron chi connectivity index (χ1n) is 11.7. The molecule has 4 heteroatoms. The summed E-state index contributed by atoms with van der Waals surface area (Å²) in [4.78, 5) is 0. The molecule has 0 aliphatic carbocycles. The average Bonchev–Trinajstić information content (AvgIpc) is 2.91. The maximum absolute atomic E-state index is 6.25. The molecule has 0 unspecified atom stereocenters. The Balaban J connectivity index is 1.52. The highest BCUT2D eigenvalue weighted by atomic mass is 35.5. The van der Waals surface area contributed by atoms with Gasteiger partial charge in [0.1, 0.15) is 12.4 Å². The van der Waals surface area contributed by atoms with Crippen LogP contribution in [0.25, 0.3) is 11.1 Å². The highest BCUT2D eigenvalue weighted by molar-refractivity contribution is 6.30. The van der Waals surface area contributed by atoms with Crippen molar-refractivity contribution in [2.45, 2.75) is 13.0 Å². The van der Waals surface area contributed by atoms with Crippen LogP contribution in [0.15, 0.2) is 109 Å². The van der Waals surface area contributed by atoms with Crippen LogP contribution in [0.3, 0.4) is 0 Å². The van der Waals surface area contributed by atoms with Crippen molar-refractivity contribution in [3.05, 3.63) is 136 Å². The van der Waals surface area contributed by atoms with Gasteiger partial charge in [-0.25, -0.2) is 0 Å². The fourth-order valence-electron chi connectivity index (χ4n) is 3.98. The molecule has 0 radical (unpaired) electrons. The molecule has 4 aromatic carbocycles. The van der Waals surface area contributed by atoms with E-state index in [-0.39, 0.29) is 0 Å². The molecule has 0 heterocycles. The van der Waals surface area contributed by atoms with Gasteiger partial charge in [0, 0.05) is 10.9 Å². The number of rotatable bonds is 11. The molecule has 0 spiro atoms. The van der Waals surface area contributed by atoms with Gasteiger partial charge in [0.2, 0.25) is 0 Å². The van der Waals surface area contributed by atoms with Crippen molar-refractivity contribution < 1.29 is 9.47 Å². The standard InChI is InChI=1S/C31H28Cl2O2/c32-20-19-30(25-9-5-2-6-10-25)31(26-11-15-28(33)16-12-26)27-13-17-29(18-14-27)35-22-21-34-23-24-7-3-1-4-8-24/h1-18H,19-23H2. The molecular weight excluding hydrogens is 475 g/mol. The Hall–Kier alpha value is -3.04. The van der Waals surface area contributed by atoms with Crippen LogP contribution < -0.4 is 4.74 Å². The second-order valence-electron chi connectivity index (χ2n) is 8.08. The lowest BCUT2D eigenvalue weighted by molar-refractivity contribution is 0.0889. The number of hydrogen-bond donors (Lipinski definition) is 0. The molecule has 0 fully saturated rings. The molecule has 35 heavy (non-hydrogen) atoms. The smallest absolute Gasteiger partial charge is 0.119 e. The third kappa shape index (κ3) is 7.22. The summed E-state index contributed by atoms with van der Waals surface area (Å²) in [5, 5.41) is 0.713. The molecule has 0 aliphatic heterocycles. The SMILES string of the molecule is ClCCC(=C(c1ccc(Cl)cc1)c1ccc(OCCOCc2ccccc2)cc1)c1ccccc1. The number of benzene rings is 4. The van der Waals surface area contributed by atoms with Gasteiger partial charge in [-0.1, -0.05) is 96.5 Å². The van der Waals surface area contributed by atoms with E-state index >= 15 is 0 Å². The van der Waals surface area contributed by atoms with Crippen molar-refractivity contribution in [1.29, 1.82) is 0 Å². The Bertz CT molecular complexity index is 1200. The molecule has 0 bridgehead atoms.